The van der Waals surface area contributed by atoms with Crippen molar-refractivity contribution >= 4 is 28.8 Å². The van der Waals surface area contributed by atoms with Crippen LogP contribution in [0.5, 0.6) is 0 Å². The largest absolute Gasteiger partial charge is 0.385 e. The first kappa shape index (κ1) is 14.0. The maximum atomic E-state index is 11.0. The number of anilines is 2. The molecule has 0 saturated carbocycles. The lowest BCUT2D eigenvalue weighted by molar-refractivity contribution is -0.384. The number of benzene rings is 1. The molecule has 104 valence electrons. The summed E-state index contributed by atoms with van der Waals surface area (Å²) in [5.74, 6) is 2.17. The maximum Gasteiger partial charge on any atom is 0.273 e. The van der Waals surface area contributed by atoms with Crippen LogP contribution in [-0.2, 0) is 0 Å². The van der Waals surface area contributed by atoms with E-state index in [4.69, 9.17) is 0 Å². The molecule has 1 aliphatic rings. The van der Waals surface area contributed by atoms with Crippen molar-refractivity contribution in [3.63, 3.8) is 0 Å². The Morgan fingerprint density at radius 2 is 2.11 bits per heavy atom. The molecule has 0 atom stereocenters. The van der Waals surface area contributed by atoms with E-state index in [0.717, 1.165) is 48.9 Å². The number of hydrogen-bond acceptors (Lipinski definition) is 5. The smallest absolute Gasteiger partial charge is 0.273 e. The van der Waals surface area contributed by atoms with Gasteiger partial charge in [0.25, 0.3) is 5.69 Å². The minimum atomic E-state index is -0.320. The van der Waals surface area contributed by atoms with Crippen LogP contribution in [0.15, 0.2) is 18.2 Å². The van der Waals surface area contributed by atoms with E-state index in [2.05, 4.69) is 17.1 Å². The first-order valence-electron chi connectivity index (χ1n) is 6.56. The summed E-state index contributed by atoms with van der Waals surface area (Å²) in [5, 5.41) is 14.2. The average Bonchev–Trinajstić information content (AvgIpc) is 2.45. The van der Waals surface area contributed by atoms with Crippen LogP contribution in [0, 0.1) is 10.1 Å². The van der Waals surface area contributed by atoms with Gasteiger partial charge in [0.2, 0.25) is 0 Å². The summed E-state index contributed by atoms with van der Waals surface area (Å²) in [6, 6.07) is 5.30. The third kappa shape index (κ3) is 3.76. The molecule has 6 heteroatoms. The molecule has 2 rings (SSSR count). The lowest BCUT2D eigenvalue weighted by Gasteiger charge is -2.28. The molecule has 1 heterocycles. The normalized spacial score (nSPS) is 15.3. The van der Waals surface area contributed by atoms with E-state index >= 15 is 0 Å². The van der Waals surface area contributed by atoms with Crippen LogP contribution in [0.1, 0.15) is 13.3 Å². The summed E-state index contributed by atoms with van der Waals surface area (Å²) in [7, 11) is 0. The predicted molar refractivity (Wildman–Crippen MR) is 81.4 cm³/mol. The topological polar surface area (TPSA) is 58.4 Å². The van der Waals surface area contributed by atoms with Gasteiger partial charge >= 0.3 is 0 Å². The summed E-state index contributed by atoms with van der Waals surface area (Å²) in [4.78, 5) is 12.9. The number of hydrogen-bond donors (Lipinski definition) is 1. The second kappa shape index (κ2) is 6.65. The van der Waals surface area contributed by atoms with Gasteiger partial charge in [-0.1, -0.05) is 6.92 Å². The van der Waals surface area contributed by atoms with Gasteiger partial charge in [0, 0.05) is 54.6 Å². The minimum Gasteiger partial charge on any atom is -0.385 e. The molecular weight excluding hydrogens is 262 g/mol. The Hall–Kier alpha value is -1.43. The van der Waals surface area contributed by atoms with Gasteiger partial charge in [0.15, 0.2) is 0 Å². The van der Waals surface area contributed by atoms with Crippen LogP contribution in [-0.4, -0.2) is 36.1 Å². The molecule has 0 bridgehead atoms. The number of rotatable bonds is 5. The van der Waals surface area contributed by atoms with E-state index in [-0.39, 0.29) is 10.6 Å². The van der Waals surface area contributed by atoms with E-state index in [1.807, 2.05) is 17.8 Å². The molecule has 0 unspecified atom stereocenters. The molecule has 0 radical (unpaired) electrons. The minimum absolute atomic E-state index is 0.161. The van der Waals surface area contributed by atoms with Gasteiger partial charge in [-0.25, -0.2) is 0 Å². The van der Waals surface area contributed by atoms with Gasteiger partial charge in [0.05, 0.1) is 4.92 Å². The standard InChI is InChI=1S/C13H19N3O2S/c1-2-3-14-11-8-12(10-13(9-11)16(17)18)15-4-6-19-7-5-15/h8-10,14H,2-7H2,1H3. The van der Waals surface area contributed by atoms with Crippen molar-refractivity contribution < 1.29 is 4.92 Å². The molecule has 1 saturated heterocycles. The number of nitrogens with one attached hydrogen (secondary N) is 1. The number of nitro groups is 1. The summed E-state index contributed by atoms with van der Waals surface area (Å²) >= 11 is 1.93. The third-order valence-corrected chi connectivity index (χ3v) is 4.01. The highest BCUT2D eigenvalue weighted by molar-refractivity contribution is 7.99. The van der Waals surface area contributed by atoms with Gasteiger partial charge in [-0.15, -0.1) is 0 Å². The molecule has 1 aromatic rings. The molecule has 1 aliphatic heterocycles. The fourth-order valence-corrected chi connectivity index (χ4v) is 2.98. The van der Waals surface area contributed by atoms with Crippen LogP contribution < -0.4 is 10.2 Å². The molecule has 0 aliphatic carbocycles. The quantitative estimate of drug-likeness (QED) is 0.664. The average molecular weight is 281 g/mol. The fourth-order valence-electron chi connectivity index (χ4n) is 2.08. The Labute approximate surface area is 117 Å². The summed E-state index contributed by atoms with van der Waals surface area (Å²) < 4.78 is 0. The number of non-ortho nitro benzene ring substituents is 1. The Kier molecular flexibility index (Phi) is 4.90. The van der Waals surface area contributed by atoms with E-state index in [1.165, 1.54) is 0 Å². The van der Waals surface area contributed by atoms with Crippen LogP contribution in [0.25, 0.3) is 0 Å². The number of nitro benzene ring substituents is 1. The molecular formula is C13H19N3O2S. The molecule has 1 N–H and O–H groups in total. The molecule has 19 heavy (non-hydrogen) atoms. The highest BCUT2D eigenvalue weighted by Crippen LogP contribution is 2.28. The second-order valence-electron chi connectivity index (χ2n) is 4.52. The molecule has 5 nitrogen and oxygen atoms in total. The SMILES string of the molecule is CCCNc1cc(N2CCSCC2)cc([N+](=O)[O-])c1. The maximum absolute atomic E-state index is 11.0. The van der Waals surface area contributed by atoms with E-state index in [1.54, 1.807) is 12.1 Å². The molecule has 0 aromatic heterocycles. The van der Waals surface area contributed by atoms with Crippen molar-refractivity contribution in [3.8, 4) is 0 Å². The first-order chi connectivity index (χ1) is 9.20. The van der Waals surface area contributed by atoms with Gasteiger partial charge in [-0.3, -0.25) is 10.1 Å². The molecule has 1 fully saturated rings. The van der Waals surface area contributed by atoms with Crippen LogP contribution in [0.2, 0.25) is 0 Å². The Bertz CT molecular complexity index is 448. The number of nitrogens with zero attached hydrogens (tertiary/aromatic N) is 2. The fraction of sp³-hybridized carbons (Fsp3) is 0.538. The predicted octanol–water partition coefficient (Wildman–Crippen LogP) is 2.97. The lowest BCUT2D eigenvalue weighted by atomic mass is 10.2. The third-order valence-electron chi connectivity index (χ3n) is 3.07. The van der Waals surface area contributed by atoms with Gasteiger partial charge < -0.3 is 10.2 Å². The molecule has 0 amide bonds. The molecule has 0 spiro atoms. The van der Waals surface area contributed by atoms with E-state index in [9.17, 15) is 10.1 Å². The summed E-state index contributed by atoms with van der Waals surface area (Å²) in [5.41, 5.74) is 1.95. The zero-order valence-corrected chi connectivity index (χ0v) is 11.9. The number of thioether (sulfide) groups is 1. The zero-order valence-electron chi connectivity index (χ0n) is 11.1. The van der Waals surface area contributed by atoms with Crippen LogP contribution in [0.4, 0.5) is 17.1 Å². The first-order valence-corrected chi connectivity index (χ1v) is 7.72. The monoisotopic (exact) mass is 281 g/mol. The second-order valence-corrected chi connectivity index (χ2v) is 5.75. The van der Waals surface area contributed by atoms with Crippen LogP contribution >= 0.6 is 11.8 Å². The van der Waals surface area contributed by atoms with Crippen molar-refractivity contribution in [3.05, 3.63) is 28.3 Å². The van der Waals surface area contributed by atoms with E-state index < -0.39 is 0 Å². The van der Waals surface area contributed by atoms with Gasteiger partial charge in [0.1, 0.15) is 0 Å². The highest BCUT2D eigenvalue weighted by atomic mass is 32.2. The Balaban J connectivity index is 2.24. The van der Waals surface area contributed by atoms with Gasteiger partial charge in [-0.05, 0) is 12.5 Å². The highest BCUT2D eigenvalue weighted by Gasteiger charge is 2.16. The Morgan fingerprint density at radius 1 is 1.37 bits per heavy atom. The van der Waals surface area contributed by atoms with Crippen LogP contribution in [0.3, 0.4) is 0 Å². The summed E-state index contributed by atoms with van der Waals surface area (Å²) in [6.45, 7) is 4.82. The molecule has 1 aromatic carbocycles. The van der Waals surface area contributed by atoms with Crippen molar-refractivity contribution in [2.24, 2.45) is 0 Å². The lowest BCUT2D eigenvalue weighted by Crippen LogP contribution is -2.32. The van der Waals surface area contributed by atoms with Crippen molar-refractivity contribution in [1.29, 1.82) is 0 Å². The van der Waals surface area contributed by atoms with Gasteiger partial charge in [-0.2, -0.15) is 11.8 Å². The zero-order chi connectivity index (χ0) is 13.7. The van der Waals surface area contributed by atoms with E-state index in [0.29, 0.717) is 0 Å². The van der Waals surface area contributed by atoms with Crippen molar-refractivity contribution in [2.45, 2.75) is 13.3 Å². The van der Waals surface area contributed by atoms with Crippen molar-refractivity contribution in [2.75, 3.05) is 41.4 Å². The summed E-state index contributed by atoms with van der Waals surface area (Å²) in [6.07, 6.45) is 0.998. The van der Waals surface area contributed by atoms with Crippen molar-refractivity contribution in [1.82, 2.24) is 0 Å². The Morgan fingerprint density at radius 3 is 2.74 bits per heavy atom.